The fraction of sp³-hybridized carbons (Fsp3) is 0.650. The largest absolute Gasteiger partial charge is 0.357 e. The van der Waals surface area contributed by atoms with E-state index in [0.717, 1.165) is 56.4 Å². The van der Waals surface area contributed by atoms with E-state index in [2.05, 4.69) is 53.0 Å². The second-order valence-corrected chi connectivity index (χ2v) is 7.16. The van der Waals surface area contributed by atoms with E-state index in [4.69, 9.17) is 4.99 Å². The van der Waals surface area contributed by atoms with E-state index in [1.165, 1.54) is 11.3 Å². The van der Waals surface area contributed by atoms with Crippen molar-refractivity contribution in [1.82, 2.24) is 30.0 Å². The van der Waals surface area contributed by atoms with Crippen molar-refractivity contribution in [3.8, 4) is 0 Å². The highest BCUT2D eigenvalue weighted by Gasteiger charge is 2.13. The first-order valence-electron chi connectivity index (χ1n) is 9.94. The van der Waals surface area contributed by atoms with Crippen molar-refractivity contribution in [2.75, 3.05) is 13.1 Å². The Kier molecular flexibility index (Phi) is 7.88. The van der Waals surface area contributed by atoms with E-state index in [1.807, 2.05) is 31.0 Å². The lowest BCUT2D eigenvalue weighted by atomic mass is 10.1. The van der Waals surface area contributed by atoms with Gasteiger partial charge in [0.2, 0.25) is 0 Å². The highest BCUT2D eigenvalue weighted by molar-refractivity contribution is 5.80. The Bertz CT molecular complexity index is 742. The van der Waals surface area contributed by atoms with Crippen LogP contribution < -0.4 is 10.6 Å². The van der Waals surface area contributed by atoms with Gasteiger partial charge in [0, 0.05) is 50.8 Å². The summed E-state index contributed by atoms with van der Waals surface area (Å²) < 4.78 is 4.15. The average Bonchev–Trinajstić information content (AvgIpc) is 3.12. The highest BCUT2D eigenvalue weighted by Crippen LogP contribution is 2.14. The number of rotatable bonds is 9. The Balaban J connectivity index is 1.82. The van der Waals surface area contributed by atoms with Crippen molar-refractivity contribution in [3.05, 3.63) is 35.2 Å². The Hall–Kier alpha value is -2.31. The van der Waals surface area contributed by atoms with Gasteiger partial charge in [0.05, 0.1) is 5.69 Å². The molecule has 0 spiro atoms. The summed E-state index contributed by atoms with van der Waals surface area (Å²) in [5.74, 6) is 1.96. The van der Waals surface area contributed by atoms with Crippen LogP contribution in [0.5, 0.6) is 0 Å². The summed E-state index contributed by atoms with van der Waals surface area (Å²) in [6, 6.07) is 0.290. The van der Waals surface area contributed by atoms with Gasteiger partial charge in [-0.15, -0.1) is 0 Å². The normalized spacial score (nSPS) is 13.0. The van der Waals surface area contributed by atoms with Gasteiger partial charge in [0.15, 0.2) is 5.96 Å². The fourth-order valence-electron chi connectivity index (χ4n) is 3.25. The smallest absolute Gasteiger partial charge is 0.191 e. The molecule has 7 heteroatoms. The van der Waals surface area contributed by atoms with E-state index < -0.39 is 0 Å². The lowest BCUT2D eigenvalue weighted by Gasteiger charge is -2.18. The molecule has 0 saturated heterocycles. The molecule has 0 fully saturated rings. The van der Waals surface area contributed by atoms with Crippen molar-refractivity contribution in [2.24, 2.45) is 12.0 Å². The van der Waals surface area contributed by atoms with Crippen LogP contribution in [0.3, 0.4) is 0 Å². The number of hydrogen-bond acceptors (Lipinski definition) is 3. The molecule has 0 aliphatic carbocycles. The molecule has 2 rings (SSSR count). The van der Waals surface area contributed by atoms with Gasteiger partial charge in [-0.2, -0.15) is 5.10 Å². The van der Waals surface area contributed by atoms with Crippen LogP contribution in [0, 0.1) is 20.8 Å². The molecule has 7 nitrogen and oxygen atoms in total. The molecule has 1 atom stereocenters. The maximum atomic E-state index is 4.74. The first-order valence-corrected chi connectivity index (χ1v) is 9.94. The van der Waals surface area contributed by atoms with Gasteiger partial charge in [-0.1, -0.05) is 0 Å². The fourth-order valence-corrected chi connectivity index (χ4v) is 3.25. The van der Waals surface area contributed by atoms with Gasteiger partial charge >= 0.3 is 0 Å². The first kappa shape index (κ1) is 21.0. The molecule has 2 heterocycles. The zero-order valence-electron chi connectivity index (χ0n) is 17.7. The molecule has 1 unspecified atom stereocenters. The Morgan fingerprint density at radius 2 is 2.04 bits per heavy atom. The van der Waals surface area contributed by atoms with Crippen molar-refractivity contribution >= 4 is 5.96 Å². The predicted octanol–water partition coefficient (Wildman–Crippen LogP) is 2.51. The lowest BCUT2D eigenvalue weighted by molar-refractivity contribution is 0.596. The van der Waals surface area contributed by atoms with Crippen LogP contribution in [0.15, 0.2) is 17.4 Å². The Morgan fingerprint density at radius 3 is 2.63 bits per heavy atom. The molecule has 2 aromatic rings. The third-order valence-electron chi connectivity index (χ3n) is 4.90. The number of hydrogen-bond donors (Lipinski definition) is 2. The van der Waals surface area contributed by atoms with E-state index >= 15 is 0 Å². The predicted molar refractivity (Wildman–Crippen MR) is 111 cm³/mol. The minimum Gasteiger partial charge on any atom is -0.357 e. The third kappa shape index (κ3) is 6.12. The molecular formula is C20H35N7. The second kappa shape index (κ2) is 10.1. The number of aryl methyl sites for hydroxylation is 4. The zero-order chi connectivity index (χ0) is 19.8. The minimum atomic E-state index is 0.290. The maximum Gasteiger partial charge on any atom is 0.191 e. The summed E-state index contributed by atoms with van der Waals surface area (Å²) in [5.41, 5.74) is 3.67. The molecule has 0 bridgehead atoms. The van der Waals surface area contributed by atoms with E-state index in [1.54, 1.807) is 0 Å². The average molecular weight is 374 g/mol. The number of unbranched alkanes of at least 4 members (excludes halogenated alkanes) is 1. The van der Waals surface area contributed by atoms with Crippen LogP contribution in [0.2, 0.25) is 0 Å². The van der Waals surface area contributed by atoms with Crippen LogP contribution >= 0.6 is 0 Å². The summed E-state index contributed by atoms with van der Waals surface area (Å²) in [6.45, 7) is 13.2. The lowest BCUT2D eigenvalue weighted by Crippen LogP contribution is -2.43. The van der Waals surface area contributed by atoms with E-state index in [0.29, 0.717) is 0 Å². The van der Waals surface area contributed by atoms with E-state index in [-0.39, 0.29) is 6.04 Å². The molecule has 0 amide bonds. The van der Waals surface area contributed by atoms with Crippen molar-refractivity contribution < 1.29 is 0 Å². The molecule has 0 radical (unpaired) electrons. The number of aliphatic imine (C=N–C) groups is 1. The molecule has 27 heavy (non-hydrogen) atoms. The molecule has 150 valence electrons. The zero-order valence-corrected chi connectivity index (χ0v) is 17.7. The number of aromatic nitrogens is 4. The summed E-state index contributed by atoms with van der Waals surface area (Å²) in [6.07, 6.45) is 6.99. The summed E-state index contributed by atoms with van der Waals surface area (Å²) in [5, 5.41) is 11.4. The molecule has 0 saturated carbocycles. The van der Waals surface area contributed by atoms with Crippen LogP contribution in [0.4, 0.5) is 0 Å². The Morgan fingerprint density at radius 1 is 1.26 bits per heavy atom. The number of nitrogens with one attached hydrogen (secondary N) is 2. The van der Waals surface area contributed by atoms with Gasteiger partial charge in [-0.25, -0.2) is 4.98 Å². The molecule has 2 N–H and O–H groups in total. The quantitative estimate of drug-likeness (QED) is 0.402. The molecule has 0 aliphatic heterocycles. The highest BCUT2D eigenvalue weighted by atomic mass is 15.3. The summed E-state index contributed by atoms with van der Waals surface area (Å²) in [7, 11) is 2.00. The van der Waals surface area contributed by atoms with Gasteiger partial charge in [-0.05, 0) is 59.4 Å². The van der Waals surface area contributed by atoms with Crippen molar-refractivity contribution in [1.29, 1.82) is 0 Å². The topological polar surface area (TPSA) is 72.1 Å². The van der Waals surface area contributed by atoms with Gasteiger partial charge in [0.1, 0.15) is 5.82 Å². The van der Waals surface area contributed by atoms with Crippen LogP contribution in [-0.2, 0) is 20.0 Å². The summed E-state index contributed by atoms with van der Waals surface area (Å²) >= 11 is 0. The van der Waals surface area contributed by atoms with Crippen LogP contribution in [-0.4, -0.2) is 44.4 Å². The van der Waals surface area contributed by atoms with Crippen LogP contribution in [0.1, 0.15) is 49.5 Å². The monoisotopic (exact) mass is 373 g/mol. The van der Waals surface area contributed by atoms with Crippen molar-refractivity contribution in [2.45, 2.75) is 66.5 Å². The van der Waals surface area contributed by atoms with E-state index in [9.17, 15) is 0 Å². The molecule has 0 aromatic carbocycles. The van der Waals surface area contributed by atoms with Gasteiger partial charge < -0.3 is 15.2 Å². The summed E-state index contributed by atoms with van der Waals surface area (Å²) in [4.78, 5) is 8.99. The maximum absolute atomic E-state index is 4.74. The van der Waals surface area contributed by atoms with Gasteiger partial charge in [-0.3, -0.25) is 9.67 Å². The van der Waals surface area contributed by atoms with Gasteiger partial charge in [0.25, 0.3) is 0 Å². The Labute approximate surface area is 163 Å². The standard InChI is InChI=1S/C20H35N7/c1-7-21-20(23-10-8-9-12-27-13-11-22-18(27)5)24-15(2)14-19-16(3)25-26(6)17(19)4/h11,13,15H,7-10,12,14H2,1-6H3,(H2,21,23,24). The second-order valence-electron chi connectivity index (χ2n) is 7.16. The SMILES string of the molecule is CCNC(=NCCCCn1ccnc1C)NC(C)Cc1c(C)nn(C)c1C. The number of imidazole rings is 1. The molecular weight excluding hydrogens is 338 g/mol. The third-order valence-corrected chi connectivity index (χ3v) is 4.90. The number of guanidine groups is 1. The number of nitrogens with zero attached hydrogens (tertiary/aromatic N) is 5. The molecule has 2 aromatic heterocycles. The minimum absolute atomic E-state index is 0.290. The molecule has 0 aliphatic rings. The van der Waals surface area contributed by atoms with Crippen LogP contribution in [0.25, 0.3) is 0 Å². The first-order chi connectivity index (χ1) is 12.9. The van der Waals surface area contributed by atoms with Crippen molar-refractivity contribution in [3.63, 3.8) is 0 Å².